The summed E-state index contributed by atoms with van der Waals surface area (Å²) in [5.41, 5.74) is -0.228. The molecule has 2 amide bonds. The molecule has 6 heteroatoms. The Morgan fingerprint density at radius 2 is 2.05 bits per heavy atom. The first-order valence-corrected chi connectivity index (χ1v) is 7.34. The number of nitrogens with one attached hydrogen (secondary N) is 2. The van der Waals surface area contributed by atoms with Gasteiger partial charge in [0.2, 0.25) is 0 Å². The molecule has 0 saturated heterocycles. The Bertz CT molecular complexity index is 462. The van der Waals surface area contributed by atoms with E-state index >= 15 is 0 Å². The molecule has 3 N–H and O–H groups in total. The summed E-state index contributed by atoms with van der Waals surface area (Å²) in [5.74, 6) is 0.640. The van der Waals surface area contributed by atoms with Crippen LogP contribution in [0.4, 0.5) is 10.5 Å². The van der Waals surface area contributed by atoms with Crippen LogP contribution in [-0.2, 0) is 0 Å². The lowest BCUT2D eigenvalue weighted by Crippen LogP contribution is -2.43. The van der Waals surface area contributed by atoms with Gasteiger partial charge in [0.1, 0.15) is 5.75 Å². The van der Waals surface area contributed by atoms with Gasteiger partial charge in [0, 0.05) is 18.3 Å². The smallest absolute Gasteiger partial charge is 0.319 e. The third-order valence-electron chi connectivity index (χ3n) is 3.30. The molecule has 0 spiro atoms. The zero-order valence-corrected chi connectivity index (χ0v) is 13.6. The molecule has 1 aromatic rings. The van der Waals surface area contributed by atoms with Crippen molar-refractivity contribution in [3.05, 3.63) is 22.7 Å². The van der Waals surface area contributed by atoms with Gasteiger partial charge < -0.3 is 20.5 Å². The summed E-state index contributed by atoms with van der Waals surface area (Å²) in [6, 6.07) is 4.92. The fourth-order valence-corrected chi connectivity index (χ4v) is 2.07. The van der Waals surface area contributed by atoms with Crippen LogP contribution < -0.4 is 15.4 Å². The summed E-state index contributed by atoms with van der Waals surface area (Å²) in [6.07, 6.45) is 1.19. The number of halogens is 1. The van der Waals surface area contributed by atoms with Gasteiger partial charge in [-0.1, -0.05) is 13.8 Å². The summed E-state index contributed by atoms with van der Waals surface area (Å²) in [6.45, 7) is 4.00. The van der Waals surface area contributed by atoms with Gasteiger partial charge >= 0.3 is 6.03 Å². The number of anilines is 1. The van der Waals surface area contributed by atoms with Crippen LogP contribution in [0.5, 0.6) is 5.75 Å². The van der Waals surface area contributed by atoms with Crippen molar-refractivity contribution >= 4 is 27.6 Å². The van der Waals surface area contributed by atoms with Crippen molar-refractivity contribution < 1.29 is 14.6 Å². The van der Waals surface area contributed by atoms with Crippen molar-refractivity contribution in [1.82, 2.24) is 5.32 Å². The summed E-state index contributed by atoms with van der Waals surface area (Å²) < 4.78 is 5.97. The van der Waals surface area contributed by atoms with Gasteiger partial charge in [-0.2, -0.15) is 0 Å². The van der Waals surface area contributed by atoms with E-state index in [1.54, 1.807) is 25.3 Å². The second-order valence-corrected chi connectivity index (χ2v) is 5.44. The molecule has 0 heterocycles. The molecule has 0 aliphatic rings. The van der Waals surface area contributed by atoms with Crippen LogP contribution in [0, 0.1) is 0 Å². The second kappa shape index (κ2) is 7.50. The highest BCUT2D eigenvalue weighted by Gasteiger charge is 2.22. The Labute approximate surface area is 127 Å². The third-order valence-corrected chi connectivity index (χ3v) is 3.96. The minimum absolute atomic E-state index is 0.222. The molecule has 0 atom stereocenters. The van der Waals surface area contributed by atoms with Crippen molar-refractivity contribution in [2.75, 3.05) is 19.0 Å². The molecular weight excluding hydrogens is 324 g/mol. The molecule has 112 valence electrons. The molecule has 0 unspecified atom stereocenters. The van der Waals surface area contributed by atoms with Gasteiger partial charge in [0.25, 0.3) is 0 Å². The maximum absolute atomic E-state index is 11.8. The van der Waals surface area contributed by atoms with E-state index in [-0.39, 0.29) is 12.6 Å². The Hall–Kier alpha value is -1.27. The number of methoxy groups -OCH3 is 1. The van der Waals surface area contributed by atoms with Crippen LogP contribution in [0.15, 0.2) is 22.7 Å². The van der Waals surface area contributed by atoms with Crippen LogP contribution in [0.3, 0.4) is 0 Å². The minimum Gasteiger partial charge on any atom is -0.495 e. The van der Waals surface area contributed by atoms with Crippen LogP contribution in [-0.4, -0.2) is 30.4 Å². The second-order valence-electron chi connectivity index (χ2n) is 4.59. The zero-order valence-electron chi connectivity index (χ0n) is 12.0. The lowest BCUT2D eigenvalue weighted by atomic mass is 9.98. The number of amides is 2. The van der Waals surface area contributed by atoms with E-state index in [1.807, 2.05) is 13.8 Å². The van der Waals surface area contributed by atoms with Gasteiger partial charge in [0.15, 0.2) is 0 Å². The standard InChI is InChI=1S/C14H21BrN2O3/c1-4-14(19,5-2)9-16-13(18)17-10-6-7-11(15)12(8-10)20-3/h6-8,19H,4-5,9H2,1-3H3,(H2,16,17,18). The number of ether oxygens (including phenoxy) is 1. The molecular formula is C14H21BrN2O3. The monoisotopic (exact) mass is 344 g/mol. The predicted molar refractivity (Wildman–Crippen MR) is 83.2 cm³/mol. The van der Waals surface area contributed by atoms with Crippen LogP contribution in [0.25, 0.3) is 0 Å². The Balaban J connectivity index is 2.59. The molecule has 1 rings (SSSR count). The van der Waals surface area contributed by atoms with Crippen LogP contribution in [0.1, 0.15) is 26.7 Å². The highest BCUT2D eigenvalue weighted by molar-refractivity contribution is 9.10. The highest BCUT2D eigenvalue weighted by Crippen LogP contribution is 2.27. The molecule has 0 saturated carbocycles. The van der Waals surface area contributed by atoms with E-state index in [9.17, 15) is 9.90 Å². The molecule has 20 heavy (non-hydrogen) atoms. The van der Waals surface area contributed by atoms with Crippen LogP contribution in [0.2, 0.25) is 0 Å². The Morgan fingerprint density at radius 1 is 1.40 bits per heavy atom. The summed E-state index contributed by atoms with van der Waals surface area (Å²) in [4.78, 5) is 11.8. The van der Waals surface area contributed by atoms with Crippen molar-refractivity contribution in [2.24, 2.45) is 0 Å². The van der Waals surface area contributed by atoms with Crippen molar-refractivity contribution in [3.63, 3.8) is 0 Å². The number of carbonyl (C=O) groups excluding carboxylic acids is 1. The first-order valence-electron chi connectivity index (χ1n) is 6.55. The molecule has 0 radical (unpaired) electrons. The Morgan fingerprint density at radius 3 is 2.60 bits per heavy atom. The number of benzene rings is 1. The van der Waals surface area contributed by atoms with E-state index in [2.05, 4.69) is 26.6 Å². The fourth-order valence-electron chi connectivity index (χ4n) is 1.66. The van der Waals surface area contributed by atoms with E-state index in [0.717, 1.165) is 4.47 Å². The lowest BCUT2D eigenvalue weighted by Gasteiger charge is -2.25. The molecule has 5 nitrogen and oxygen atoms in total. The van der Waals surface area contributed by atoms with Gasteiger partial charge in [-0.15, -0.1) is 0 Å². The normalized spacial score (nSPS) is 11.1. The first-order chi connectivity index (χ1) is 9.44. The van der Waals surface area contributed by atoms with Crippen molar-refractivity contribution in [3.8, 4) is 5.75 Å². The van der Waals surface area contributed by atoms with Gasteiger partial charge in [0.05, 0.1) is 17.2 Å². The van der Waals surface area contributed by atoms with Crippen molar-refractivity contribution in [2.45, 2.75) is 32.3 Å². The summed E-state index contributed by atoms with van der Waals surface area (Å²) in [5, 5.41) is 15.5. The minimum atomic E-state index is -0.852. The first kappa shape index (κ1) is 16.8. The van der Waals surface area contributed by atoms with Gasteiger partial charge in [-0.3, -0.25) is 0 Å². The number of hydrogen-bond acceptors (Lipinski definition) is 3. The quantitative estimate of drug-likeness (QED) is 0.742. The maximum atomic E-state index is 11.8. The third kappa shape index (κ3) is 4.68. The van der Waals surface area contributed by atoms with E-state index in [0.29, 0.717) is 24.3 Å². The number of carbonyl (C=O) groups is 1. The summed E-state index contributed by atoms with van der Waals surface area (Å²) >= 11 is 3.35. The topological polar surface area (TPSA) is 70.6 Å². The molecule has 0 bridgehead atoms. The molecule has 0 fully saturated rings. The number of hydrogen-bond donors (Lipinski definition) is 3. The van der Waals surface area contributed by atoms with E-state index < -0.39 is 5.60 Å². The van der Waals surface area contributed by atoms with Gasteiger partial charge in [-0.05, 0) is 40.9 Å². The molecule has 0 aromatic heterocycles. The summed E-state index contributed by atoms with van der Waals surface area (Å²) in [7, 11) is 1.56. The maximum Gasteiger partial charge on any atom is 0.319 e. The zero-order chi connectivity index (χ0) is 15.2. The highest BCUT2D eigenvalue weighted by atomic mass is 79.9. The number of aliphatic hydroxyl groups is 1. The van der Waals surface area contributed by atoms with Crippen molar-refractivity contribution in [1.29, 1.82) is 0 Å². The molecule has 1 aromatic carbocycles. The van der Waals surface area contributed by atoms with Crippen LogP contribution >= 0.6 is 15.9 Å². The number of urea groups is 1. The molecule has 0 aliphatic carbocycles. The SMILES string of the molecule is CCC(O)(CC)CNC(=O)Nc1ccc(Br)c(OC)c1. The predicted octanol–water partition coefficient (Wildman–Crippen LogP) is 3.13. The average Bonchev–Trinajstić information content (AvgIpc) is 2.46. The van der Waals surface area contributed by atoms with E-state index in [1.165, 1.54) is 0 Å². The molecule has 0 aliphatic heterocycles. The fraction of sp³-hybridized carbons (Fsp3) is 0.500. The van der Waals surface area contributed by atoms with Gasteiger partial charge in [-0.25, -0.2) is 4.79 Å². The van der Waals surface area contributed by atoms with E-state index in [4.69, 9.17) is 4.74 Å². The lowest BCUT2D eigenvalue weighted by molar-refractivity contribution is 0.0354. The number of rotatable bonds is 6. The average molecular weight is 345 g/mol. The Kier molecular flexibility index (Phi) is 6.29. The largest absolute Gasteiger partial charge is 0.495 e.